The molecule has 0 N–H and O–H groups in total. The molecule has 2 rings (SSSR count). The van der Waals surface area contributed by atoms with Gasteiger partial charge in [0.15, 0.2) is 5.58 Å². The van der Waals surface area contributed by atoms with E-state index in [1.165, 1.54) is 0 Å². The highest BCUT2D eigenvalue weighted by molar-refractivity contribution is 7.55. The van der Waals surface area contributed by atoms with Gasteiger partial charge in [0.1, 0.15) is 5.52 Å². The second-order valence-electron chi connectivity index (χ2n) is 2.59. The SMILES string of the molecule is COP(OC)c1nc2ccccc2o1.[N]. The summed E-state index contributed by atoms with van der Waals surface area (Å²) in [4.78, 5) is 4.27. The van der Waals surface area contributed by atoms with Crippen molar-refractivity contribution in [2.24, 2.45) is 0 Å². The van der Waals surface area contributed by atoms with Crippen molar-refractivity contribution < 1.29 is 13.5 Å². The van der Waals surface area contributed by atoms with Crippen LogP contribution >= 0.6 is 8.38 Å². The van der Waals surface area contributed by atoms with Gasteiger partial charge in [-0.25, -0.2) is 4.98 Å². The van der Waals surface area contributed by atoms with Crippen LogP contribution in [-0.4, -0.2) is 19.2 Å². The Morgan fingerprint density at radius 3 is 2.47 bits per heavy atom. The molecule has 0 amide bonds. The second-order valence-corrected chi connectivity index (χ2v) is 4.21. The maximum Gasteiger partial charge on any atom is 0.275 e. The first-order valence-corrected chi connectivity index (χ1v) is 5.27. The summed E-state index contributed by atoms with van der Waals surface area (Å²) in [5, 5.41) is 0. The van der Waals surface area contributed by atoms with Crippen LogP contribution in [0, 0.1) is 0 Å². The van der Waals surface area contributed by atoms with E-state index >= 15 is 0 Å². The Morgan fingerprint density at radius 2 is 1.87 bits per heavy atom. The molecule has 0 aliphatic carbocycles. The van der Waals surface area contributed by atoms with Crippen molar-refractivity contribution in [2.45, 2.75) is 0 Å². The van der Waals surface area contributed by atoms with Crippen LogP contribution in [0.4, 0.5) is 0 Å². The number of aromatic nitrogens is 1. The van der Waals surface area contributed by atoms with Gasteiger partial charge in [0.2, 0.25) is 0 Å². The standard InChI is InChI=1S/C9H10NO3P.N/c1-11-14(12-2)9-10-7-5-3-4-6-8(7)13-9;/h3-6H,1-2H3;. The summed E-state index contributed by atoms with van der Waals surface area (Å²) < 4.78 is 15.7. The fourth-order valence-electron chi connectivity index (χ4n) is 1.17. The molecule has 0 spiro atoms. The van der Waals surface area contributed by atoms with Crippen LogP contribution < -0.4 is 11.8 Å². The fraction of sp³-hybridized carbons (Fsp3) is 0.222. The average Bonchev–Trinajstić information content (AvgIpc) is 2.63. The topological polar surface area (TPSA) is 75.0 Å². The zero-order valence-electron chi connectivity index (χ0n) is 8.38. The second kappa shape index (κ2) is 5.19. The molecule has 2 aromatic rings. The molecule has 1 aromatic carbocycles. The van der Waals surface area contributed by atoms with Crippen molar-refractivity contribution >= 4 is 25.1 Å². The molecule has 0 unspecified atom stereocenters. The Bertz CT molecular complexity index is 395. The van der Waals surface area contributed by atoms with Crippen molar-refractivity contribution in [3.63, 3.8) is 0 Å². The molecular weight excluding hydrogens is 215 g/mol. The first-order valence-electron chi connectivity index (χ1n) is 4.09. The molecule has 79 valence electrons. The lowest BCUT2D eigenvalue weighted by Gasteiger charge is -2.05. The molecule has 5 nitrogen and oxygen atoms in total. The molecule has 1 aromatic heterocycles. The Kier molecular flexibility index (Phi) is 4.17. The molecule has 15 heavy (non-hydrogen) atoms. The molecule has 0 saturated carbocycles. The molecule has 3 radical (unpaired) electrons. The Labute approximate surface area is 88.9 Å². The summed E-state index contributed by atoms with van der Waals surface area (Å²) in [7, 11) is 1.97. The van der Waals surface area contributed by atoms with Gasteiger partial charge in [-0.05, 0) is 12.1 Å². The van der Waals surface area contributed by atoms with Crippen molar-refractivity contribution in [2.75, 3.05) is 14.2 Å². The first-order chi connectivity index (χ1) is 6.85. The van der Waals surface area contributed by atoms with E-state index in [4.69, 9.17) is 13.5 Å². The summed E-state index contributed by atoms with van der Waals surface area (Å²) in [6.45, 7) is 0. The average molecular weight is 225 g/mol. The molecule has 6 heteroatoms. The predicted octanol–water partition coefficient (Wildman–Crippen LogP) is 1.58. The van der Waals surface area contributed by atoms with Gasteiger partial charge in [0.25, 0.3) is 14.0 Å². The first kappa shape index (κ1) is 12.1. The minimum absolute atomic E-state index is 0. The number of para-hydroxylation sites is 2. The van der Waals surface area contributed by atoms with Gasteiger partial charge in [0.05, 0.1) is 0 Å². The van der Waals surface area contributed by atoms with Gasteiger partial charge >= 0.3 is 0 Å². The van der Waals surface area contributed by atoms with Gasteiger partial charge < -0.3 is 13.5 Å². The van der Waals surface area contributed by atoms with Crippen molar-refractivity contribution in [3.8, 4) is 0 Å². The van der Waals surface area contributed by atoms with Crippen molar-refractivity contribution in [1.82, 2.24) is 11.1 Å². The van der Waals surface area contributed by atoms with E-state index in [2.05, 4.69) is 4.98 Å². The van der Waals surface area contributed by atoms with Crippen LogP contribution in [0.5, 0.6) is 0 Å². The normalized spacial score (nSPS) is 10.6. The summed E-state index contributed by atoms with van der Waals surface area (Å²) in [5.74, 6) is 0. The third kappa shape index (κ3) is 2.33. The number of hydrogen-bond acceptors (Lipinski definition) is 4. The van der Waals surface area contributed by atoms with E-state index in [9.17, 15) is 0 Å². The lowest BCUT2D eigenvalue weighted by Crippen LogP contribution is -2.03. The lowest BCUT2D eigenvalue weighted by atomic mass is 10.3. The van der Waals surface area contributed by atoms with E-state index in [0.29, 0.717) is 5.63 Å². The third-order valence-corrected chi connectivity index (χ3v) is 2.94. The maximum absolute atomic E-state index is 5.48. The van der Waals surface area contributed by atoms with E-state index < -0.39 is 8.38 Å². The number of fused-ring (bicyclic) bond motifs is 1. The monoisotopic (exact) mass is 225 g/mol. The summed E-state index contributed by atoms with van der Waals surface area (Å²) in [6.07, 6.45) is 0. The van der Waals surface area contributed by atoms with Crippen molar-refractivity contribution in [1.29, 1.82) is 0 Å². The largest absolute Gasteiger partial charge is 0.433 e. The van der Waals surface area contributed by atoms with Crippen LogP contribution in [0.1, 0.15) is 0 Å². The van der Waals surface area contributed by atoms with E-state index in [1.807, 2.05) is 24.3 Å². The van der Waals surface area contributed by atoms with E-state index in [-0.39, 0.29) is 6.15 Å². The molecule has 0 bridgehead atoms. The smallest absolute Gasteiger partial charge is 0.275 e. The highest BCUT2D eigenvalue weighted by Gasteiger charge is 2.17. The fourth-order valence-corrected chi connectivity index (χ4v) is 1.99. The molecule has 0 aliphatic rings. The molecule has 0 saturated heterocycles. The number of rotatable bonds is 3. The molecule has 1 heterocycles. The summed E-state index contributed by atoms with van der Waals surface area (Å²) in [5.41, 5.74) is 2.08. The zero-order valence-corrected chi connectivity index (χ0v) is 9.27. The van der Waals surface area contributed by atoms with Crippen LogP contribution in [0.15, 0.2) is 28.7 Å². The third-order valence-electron chi connectivity index (χ3n) is 1.77. The Morgan fingerprint density at radius 1 is 1.20 bits per heavy atom. The molecule has 0 fully saturated rings. The van der Waals surface area contributed by atoms with Crippen LogP contribution in [0.2, 0.25) is 0 Å². The summed E-state index contributed by atoms with van der Waals surface area (Å²) in [6, 6.07) is 7.57. The molecule has 0 atom stereocenters. The van der Waals surface area contributed by atoms with Crippen LogP contribution in [0.25, 0.3) is 11.1 Å². The number of nitrogens with zero attached hydrogens (tertiary/aromatic N) is 2. The van der Waals surface area contributed by atoms with Crippen LogP contribution in [-0.2, 0) is 9.05 Å². The van der Waals surface area contributed by atoms with Gasteiger partial charge in [-0.15, -0.1) is 0 Å². The van der Waals surface area contributed by atoms with Gasteiger partial charge in [0, 0.05) is 20.4 Å². The Hall–Kier alpha value is -1.00. The van der Waals surface area contributed by atoms with E-state index in [1.54, 1.807) is 14.2 Å². The van der Waals surface area contributed by atoms with Gasteiger partial charge in [-0.2, -0.15) is 0 Å². The highest BCUT2D eigenvalue weighted by Crippen LogP contribution is 2.35. The van der Waals surface area contributed by atoms with Gasteiger partial charge in [-0.3, -0.25) is 0 Å². The van der Waals surface area contributed by atoms with Crippen molar-refractivity contribution in [3.05, 3.63) is 24.3 Å². The summed E-state index contributed by atoms with van der Waals surface area (Å²) >= 11 is 0. The number of oxazole rings is 1. The van der Waals surface area contributed by atoms with Gasteiger partial charge in [-0.1, -0.05) is 12.1 Å². The zero-order chi connectivity index (χ0) is 9.97. The minimum Gasteiger partial charge on any atom is -0.433 e. The quantitative estimate of drug-likeness (QED) is 0.743. The minimum atomic E-state index is -1.18. The molecular formula is C9H10N2O3P. The predicted molar refractivity (Wildman–Crippen MR) is 56.7 cm³/mol. The number of hydrogen-bond donors (Lipinski definition) is 0. The maximum atomic E-state index is 5.48. The highest BCUT2D eigenvalue weighted by atomic mass is 31.2. The Balaban J connectivity index is 0.00000112. The van der Waals surface area contributed by atoms with Crippen LogP contribution in [0.3, 0.4) is 0 Å². The number of benzene rings is 1. The lowest BCUT2D eigenvalue weighted by molar-refractivity contribution is 0.343. The van der Waals surface area contributed by atoms with E-state index in [0.717, 1.165) is 11.1 Å². The molecule has 0 aliphatic heterocycles.